The molecule has 0 saturated carbocycles. The van der Waals surface area contributed by atoms with E-state index in [0.717, 1.165) is 5.56 Å². The zero-order chi connectivity index (χ0) is 19.6. The molecule has 28 heavy (non-hydrogen) atoms. The highest BCUT2D eigenvalue weighted by Crippen LogP contribution is 2.38. The van der Waals surface area contributed by atoms with E-state index >= 15 is 0 Å². The molecule has 4 heterocycles. The van der Waals surface area contributed by atoms with E-state index in [1.54, 1.807) is 23.6 Å². The third-order valence-corrected chi connectivity index (χ3v) is 5.73. The zero-order valence-electron chi connectivity index (χ0n) is 15.2. The number of esters is 1. The van der Waals surface area contributed by atoms with Crippen molar-refractivity contribution < 1.29 is 19.0 Å². The van der Waals surface area contributed by atoms with Crippen LogP contribution in [-0.4, -0.2) is 20.6 Å². The number of halogens is 1. The van der Waals surface area contributed by atoms with Gasteiger partial charge in [-0.3, -0.25) is 9.59 Å². The lowest BCUT2D eigenvalue weighted by molar-refractivity contribution is -0.149. The third-order valence-electron chi connectivity index (χ3n) is 5.73. The van der Waals surface area contributed by atoms with Crippen molar-refractivity contribution in [3.8, 4) is 11.4 Å². The molecule has 1 atom stereocenters. The molecule has 7 heteroatoms. The van der Waals surface area contributed by atoms with Crippen LogP contribution in [0, 0.1) is 5.82 Å². The molecule has 0 fully saturated rings. The number of aromatic nitrogens is 2. The Labute approximate surface area is 159 Å². The fourth-order valence-electron chi connectivity index (χ4n) is 4.15. The minimum absolute atomic E-state index is 0.160. The van der Waals surface area contributed by atoms with Crippen LogP contribution in [0.3, 0.4) is 0 Å². The first-order valence-electron chi connectivity index (χ1n) is 9.14. The quantitative estimate of drug-likeness (QED) is 0.514. The van der Waals surface area contributed by atoms with Gasteiger partial charge in [0.1, 0.15) is 18.0 Å². The Morgan fingerprint density at radius 1 is 1.29 bits per heavy atom. The van der Waals surface area contributed by atoms with E-state index in [9.17, 15) is 19.1 Å². The molecule has 6 nitrogen and oxygen atoms in total. The fourth-order valence-corrected chi connectivity index (χ4v) is 4.15. The van der Waals surface area contributed by atoms with Crippen LogP contribution in [-0.2, 0) is 28.3 Å². The predicted molar refractivity (Wildman–Crippen MR) is 99.1 cm³/mol. The first kappa shape index (κ1) is 17.1. The number of ether oxygens (including phenoxy) is 1. The SMILES string of the molecule is CC[C@@]1(O)CC(=O)OCc2c1cc1n(c2=O)Cc2cc3cc(F)ccc3nc2-1. The topological polar surface area (TPSA) is 81.4 Å². The molecular formula is C21H17FN2O4. The molecule has 0 spiro atoms. The molecule has 2 aliphatic heterocycles. The maximum Gasteiger partial charge on any atom is 0.309 e. The van der Waals surface area contributed by atoms with Crippen molar-refractivity contribution in [2.24, 2.45) is 0 Å². The Kier molecular flexibility index (Phi) is 3.49. The van der Waals surface area contributed by atoms with E-state index in [1.165, 1.54) is 12.1 Å². The van der Waals surface area contributed by atoms with Gasteiger partial charge < -0.3 is 14.4 Å². The summed E-state index contributed by atoms with van der Waals surface area (Å²) in [4.78, 5) is 29.7. The maximum absolute atomic E-state index is 13.6. The number of rotatable bonds is 1. The second-order valence-corrected chi connectivity index (χ2v) is 7.37. The van der Waals surface area contributed by atoms with Crippen molar-refractivity contribution in [3.63, 3.8) is 0 Å². The van der Waals surface area contributed by atoms with Gasteiger partial charge in [-0.05, 0) is 42.3 Å². The van der Waals surface area contributed by atoms with E-state index in [-0.39, 0.29) is 30.8 Å². The van der Waals surface area contributed by atoms with Gasteiger partial charge in [0.15, 0.2) is 0 Å². The summed E-state index contributed by atoms with van der Waals surface area (Å²) >= 11 is 0. The number of hydrogen-bond donors (Lipinski definition) is 1. The Balaban J connectivity index is 1.78. The molecular weight excluding hydrogens is 363 g/mol. The van der Waals surface area contributed by atoms with Gasteiger partial charge in [-0.2, -0.15) is 0 Å². The molecule has 1 aromatic carbocycles. The summed E-state index contributed by atoms with van der Waals surface area (Å²) < 4.78 is 20.3. The second-order valence-electron chi connectivity index (χ2n) is 7.37. The smallest absolute Gasteiger partial charge is 0.309 e. The van der Waals surface area contributed by atoms with Gasteiger partial charge in [0, 0.05) is 10.9 Å². The first-order valence-corrected chi connectivity index (χ1v) is 9.14. The third kappa shape index (κ3) is 2.32. The highest BCUT2D eigenvalue weighted by atomic mass is 19.1. The van der Waals surface area contributed by atoms with Crippen molar-refractivity contribution in [1.82, 2.24) is 9.55 Å². The normalized spacial score (nSPS) is 20.3. The van der Waals surface area contributed by atoms with Crippen LogP contribution in [0.15, 0.2) is 35.1 Å². The molecule has 2 aliphatic rings. The minimum atomic E-state index is -1.46. The highest BCUT2D eigenvalue weighted by Gasteiger charge is 2.39. The van der Waals surface area contributed by atoms with Gasteiger partial charge in [0.05, 0.1) is 35.4 Å². The highest BCUT2D eigenvalue weighted by molar-refractivity contribution is 5.84. The summed E-state index contributed by atoms with van der Waals surface area (Å²) in [6, 6.07) is 7.95. The maximum atomic E-state index is 13.6. The Morgan fingerprint density at radius 3 is 2.89 bits per heavy atom. The zero-order valence-corrected chi connectivity index (χ0v) is 15.2. The Hall–Kier alpha value is -3.06. The molecule has 0 amide bonds. The molecule has 2 aromatic heterocycles. The second kappa shape index (κ2) is 5.72. The molecule has 0 bridgehead atoms. The van der Waals surface area contributed by atoms with Crippen molar-refractivity contribution >= 4 is 16.9 Å². The number of cyclic esters (lactones) is 1. The number of benzene rings is 1. The van der Waals surface area contributed by atoms with Gasteiger partial charge in [-0.15, -0.1) is 0 Å². The van der Waals surface area contributed by atoms with E-state index in [2.05, 4.69) is 4.98 Å². The fraction of sp³-hybridized carbons (Fsp3) is 0.286. The summed E-state index contributed by atoms with van der Waals surface area (Å²) in [5.41, 5.74) is 1.61. The van der Waals surface area contributed by atoms with Crippen LogP contribution in [0.1, 0.15) is 36.5 Å². The van der Waals surface area contributed by atoms with Gasteiger partial charge in [0.25, 0.3) is 5.56 Å². The molecule has 0 unspecified atom stereocenters. The minimum Gasteiger partial charge on any atom is -0.460 e. The van der Waals surface area contributed by atoms with Gasteiger partial charge in [-0.1, -0.05) is 6.92 Å². The number of hydrogen-bond acceptors (Lipinski definition) is 5. The van der Waals surface area contributed by atoms with Crippen LogP contribution in [0.25, 0.3) is 22.3 Å². The summed E-state index contributed by atoms with van der Waals surface area (Å²) in [5.74, 6) is -0.875. The molecule has 3 aromatic rings. The summed E-state index contributed by atoms with van der Waals surface area (Å²) in [5, 5.41) is 11.7. The average Bonchev–Trinajstić information content (AvgIpc) is 2.96. The molecule has 0 radical (unpaired) electrons. The standard InChI is InChI=1S/C21H17FN2O4/c1-2-21(27)8-18(25)28-10-14-15(21)7-17-19-12(9-24(17)20(14)26)5-11-6-13(22)3-4-16(11)23-19/h3-7,27H,2,8-10H2,1H3/t21-/m1/s1. The first-order chi connectivity index (χ1) is 13.4. The van der Waals surface area contributed by atoms with Crippen molar-refractivity contribution in [2.45, 2.75) is 38.5 Å². The van der Waals surface area contributed by atoms with Crippen molar-refractivity contribution in [3.05, 3.63) is 63.2 Å². The van der Waals surface area contributed by atoms with Gasteiger partial charge >= 0.3 is 5.97 Å². The molecule has 142 valence electrons. The summed E-state index contributed by atoms with van der Waals surface area (Å²) in [7, 11) is 0. The van der Waals surface area contributed by atoms with Crippen molar-refractivity contribution in [2.75, 3.05) is 0 Å². The predicted octanol–water partition coefficient (Wildman–Crippen LogP) is 2.61. The lowest BCUT2D eigenvalue weighted by Crippen LogP contribution is -2.32. The lowest BCUT2D eigenvalue weighted by atomic mass is 9.85. The van der Waals surface area contributed by atoms with Crippen LogP contribution in [0.4, 0.5) is 4.39 Å². The number of carbonyl (C=O) groups is 1. The van der Waals surface area contributed by atoms with E-state index in [0.29, 0.717) is 40.0 Å². The summed E-state index contributed by atoms with van der Waals surface area (Å²) in [6.07, 6.45) is 0.0753. The van der Waals surface area contributed by atoms with Crippen LogP contribution >= 0.6 is 0 Å². The lowest BCUT2D eigenvalue weighted by Gasteiger charge is -2.26. The number of pyridine rings is 2. The summed E-state index contributed by atoms with van der Waals surface area (Å²) in [6.45, 7) is 1.91. The van der Waals surface area contributed by atoms with Crippen molar-refractivity contribution in [1.29, 1.82) is 0 Å². The number of carbonyl (C=O) groups excluding carboxylic acids is 1. The largest absolute Gasteiger partial charge is 0.460 e. The van der Waals surface area contributed by atoms with Gasteiger partial charge in [0.2, 0.25) is 0 Å². The number of aliphatic hydroxyl groups is 1. The Bertz CT molecular complexity index is 1230. The van der Waals surface area contributed by atoms with Gasteiger partial charge in [-0.25, -0.2) is 9.37 Å². The molecule has 1 N–H and O–H groups in total. The monoisotopic (exact) mass is 380 g/mol. The average molecular weight is 380 g/mol. The van der Waals surface area contributed by atoms with Crippen LogP contribution < -0.4 is 5.56 Å². The molecule has 0 saturated heterocycles. The Morgan fingerprint density at radius 2 is 2.11 bits per heavy atom. The molecule has 5 rings (SSSR count). The van der Waals surface area contributed by atoms with E-state index in [4.69, 9.17) is 4.74 Å². The van der Waals surface area contributed by atoms with Crippen LogP contribution in [0.2, 0.25) is 0 Å². The number of nitrogens with zero attached hydrogens (tertiary/aromatic N) is 2. The van der Waals surface area contributed by atoms with Crippen LogP contribution in [0.5, 0.6) is 0 Å². The van der Waals surface area contributed by atoms with E-state index in [1.807, 2.05) is 6.07 Å². The van der Waals surface area contributed by atoms with E-state index < -0.39 is 11.6 Å². The molecule has 0 aliphatic carbocycles. The number of fused-ring (bicyclic) bond motifs is 5.